The van der Waals surface area contributed by atoms with Crippen molar-refractivity contribution in [2.75, 3.05) is 6.54 Å². The first-order valence-electron chi connectivity index (χ1n) is 9.51. The Morgan fingerprint density at radius 1 is 1.14 bits per heavy atom. The molecule has 0 saturated carbocycles. The van der Waals surface area contributed by atoms with E-state index < -0.39 is 23.4 Å². The van der Waals surface area contributed by atoms with Crippen LogP contribution in [0.2, 0.25) is 0 Å². The molecular weight excluding hydrogens is 373 g/mol. The molecule has 1 aliphatic rings. The second-order valence-electron chi connectivity index (χ2n) is 7.48. The van der Waals surface area contributed by atoms with Crippen LogP contribution in [0.4, 0.5) is 9.18 Å². The highest BCUT2D eigenvalue weighted by Crippen LogP contribution is 2.23. The minimum Gasteiger partial charge on any atom is -0.348 e. The Kier molecular flexibility index (Phi) is 5.96. The molecule has 1 aliphatic heterocycles. The zero-order valence-electron chi connectivity index (χ0n) is 16.4. The molecule has 0 aromatic heterocycles. The largest absolute Gasteiger partial charge is 0.348 e. The molecule has 2 N–H and O–H groups in total. The van der Waals surface area contributed by atoms with Gasteiger partial charge in [0.05, 0.1) is 6.04 Å². The molecule has 0 unspecified atom stereocenters. The van der Waals surface area contributed by atoms with Crippen LogP contribution in [-0.2, 0) is 16.0 Å². The lowest BCUT2D eigenvalue weighted by Crippen LogP contribution is -2.45. The van der Waals surface area contributed by atoms with Gasteiger partial charge in [0.15, 0.2) is 0 Å². The minimum atomic E-state index is -1.05. The van der Waals surface area contributed by atoms with E-state index in [-0.39, 0.29) is 18.4 Å². The summed E-state index contributed by atoms with van der Waals surface area (Å²) < 4.78 is 13.0. The van der Waals surface area contributed by atoms with Gasteiger partial charge in [-0.25, -0.2) is 9.18 Å². The van der Waals surface area contributed by atoms with Crippen LogP contribution >= 0.6 is 0 Å². The van der Waals surface area contributed by atoms with E-state index in [0.717, 1.165) is 16.0 Å². The van der Waals surface area contributed by atoms with Crippen molar-refractivity contribution in [1.29, 1.82) is 0 Å². The van der Waals surface area contributed by atoms with Crippen molar-refractivity contribution in [2.45, 2.75) is 38.3 Å². The van der Waals surface area contributed by atoms with Crippen molar-refractivity contribution in [2.24, 2.45) is 0 Å². The van der Waals surface area contributed by atoms with Gasteiger partial charge in [0, 0.05) is 0 Å². The summed E-state index contributed by atoms with van der Waals surface area (Å²) in [4.78, 5) is 38.4. The normalized spacial score (nSPS) is 19.8. The van der Waals surface area contributed by atoms with Gasteiger partial charge in [-0.2, -0.15) is 0 Å². The number of aryl methyl sites for hydroxylation is 1. The van der Waals surface area contributed by atoms with Crippen molar-refractivity contribution in [3.63, 3.8) is 0 Å². The molecule has 4 amide bonds. The lowest BCUT2D eigenvalue weighted by molar-refractivity contribution is -0.134. The number of halogens is 1. The van der Waals surface area contributed by atoms with Crippen LogP contribution in [0.1, 0.15) is 37.4 Å². The summed E-state index contributed by atoms with van der Waals surface area (Å²) in [7, 11) is 0. The standard InChI is InChI=1S/C22H24FN3O3/c1-15(17-8-10-18(23)11-9-17)24-19(27)14-26-20(28)22(2,25-21(26)29)13-12-16-6-4-3-5-7-16/h3-11,15H,12-14H2,1-2H3,(H,24,27)(H,25,29)/t15-,22-/m0/s1. The average molecular weight is 397 g/mol. The number of rotatable bonds is 7. The van der Waals surface area contributed by atoms with E-state index >= 15 is 0 Å². The summed E-state index contributed by atoms with van der Waals surface area (Å²) in [5, 5.41) is 5.45. The molecule has 152 valence electrons. The third-order valence-electron chi connectivity index (χ3n) is 5.15. The van der Waals surface area contributed by atoms with Gasteiger partial charge in [0.25, 0.3) is 5.91 Å². The zero-order chi connectivity index (χ0) is 21.0. The smallest absolute Gasteiger partial charge is 0.325 e. The van der Waals surface area contributed by atoms with Gasteiger partial charge in [0.2, 0.25) is 5.91 Å². The Hall–Kier alpha value is -3.22. The maximum absolute atomic E-state index is 13.0. The van der Waals surface area contributed by atoms with Crippen LogP contribution in [0, 0.1) is 5.82 Å². The molecule has 0 radical (unpaired) electrons. The molecule has 2 aromatic carbocycles. The van der Waals surface area contributed by atoms with Crippen molar-refractivity contribution < 1.29 is 18.8 Å². The van der Waals surface area contributed by atoms with E-state index in [9.17, 15) is 18.8 Å². The molecule has 1 fully saturated rings. The Labute approximate surface area is 169 Å². The van der Waals surface area contributed by atoms with Gasteiger partial charge in [-0.15, -0.1) is 0 Å². The number of hydrogen-bond donors (Lipinski definition) is 2. The fraction of sp³-hybridized carbons (Fsp3) is 0.318. The number of imide groups is 1. The zero-order valence-corrected chi connectivity index (χ0v) is 16.4. The highest BCUT2D eigenvalue weighted by atomic mass is 19.1. The molecule has 7 heteroatoms. The fourth-order valence-electron chi connectivity index (χ4n) is 3.36. The van der Waals surface area contributed by atoms with Crippen LogP contribution < -0.4 is 10.6 Å². The number of hydrogen-bond acceptors (Lipinski definition) is 3. The summed E-state index contributed by atoms with van der Waals surface area (Å²) in [6, 6.07) is 14.5. The van der Waals surface area contributed by atoms with Crippen LogP contribution in [0.5, 0.6) is 0 Å². The Balaban J connectivity index is 1.58. The van der Waals surface area contributed by atoms with E-state index in [1.165, 1.54) is 12.1 Å². The predicted octanol–water partition coefficient (Wildman–Crippen LogP) is 2.95. The van der Waals surface area contributed by atoms with Crippen molar-refractivity contribution in [1.82, 2.24) is 15.5 Å². The highest BCUT2D eigenvalue weighted by molar-refractivity contribution is 6.08. The van der Waals surface area contributed by atoms with Gasteiger partial charge >= 0.3 is 6.03 Å². The Morgan fingerprint density at radius 2 is 1.79 bits per heavy atom. The van der Waals surface area contributed by atoms with Gasteiger partial charge in [-0.05, 0) is 49.9 Å². The van der Waals surface area contributed by atoms with Crippen molar-refractivity contribution >= 4 is 17.8 Å². The maximum atomic E-state index is 13.0. The molecule has 1 heterocycles. The number of urea groups is 1. The molecule has 0 spiro atoms. The van der Waals surface area contributed by atoms with Gasteiger partial charge in [-0.3, -0.25) is 14.5 Å². The second-order valence-corrected chi connectivity index (χ2v) is 7.48. The lowest BCUT2D eigenvalue weighted by Gasteiger charge is -2.22. The van der Waals surface area contributed by atoms with Gasteiger partial charge in [0.1, 0.15) is 17.9 Å². The quantitative estimate of drug-likeness (QED) is 0.705. The Morgan fingerprint density at radius 3 is 2.45 bits per heavy atom. The van der Waals surface area contributed by atoms with Crippen LogP contribution in [0.15, 0.2) is 54.6 Å². The summed E-state index contributed by atoms with van der Waals surface area (Å²) in [5.74, 6) is -1.23. The minimum absolute atomic E-state index is 0.360. The summed E-state index contributed by atoms with van der Waals surface area (Å²) >= 11 is 0. The summed E-state index contributed by atoms with van der Waals surface area (Å²) in [5.41, 5.74) is 0.750. The first-order valence-corrected chi connectivity index (χ1v) is 9.51. The van der Waals surface area contributed by atoms with E-state index in [0.29, 0.717) is 12.8 Å². The first-order chi connectivity index (χ1) is 13.8. The van der Waals surface area contributed by atoms with E-state index in [1.54, 1.807) is 26.0 Å². The maximum Gasteiger partial charge on any atom is 0.325 e. The lowest BCUT2D eigenvalue weighted by atomic mass is 9.93. The highest BCUT2D eigenvalue weighted by Gasteiger charge is 2.47. The van der Waals surface area contributed by atoms with E-state index in [4.69, 9.17) is 0 Å². The average Bonchev–Trinajstić information content (AvgIpc) is 2.91. The first kappa shape index (κ1) is 20.5. The summed E-state index contributed by atoms with van der Waals surface area (Å²) in [6.45, 7) is 3.06. The monoisotopic (exact) mass is 397 g/mol. The molecule has 6 nitrogen and oxygen atoms in total. The molecule has 1 saturated heterocycles. The number of carbonyl (C=O) groups excluding carboxylic acids is 3. The Bertz CT molecular complexity index is 901. The topological polar surface area (TPSA) is 78.5 Å². The summed E-state index contributed by atoms with van der Waals surface area (Å²) in [6.07, 6.45) is 1.07. The molecular formula is C22H24FN3O3. The van der Waals surface area contributed by atoms with Crippen molar-refractivity contribution in [3.8, 4) is 0 Å². The molecule has 29 heavy (non-hydrogen) atoms. The number of benzene rings is 2. The van der Waals surface area contributed by atoms with E-state index in [2.05, 4.69) is 10.6 Å². The van der Waals surface area contributed by atoms with Gasteiger partial charge in [-0.1, -0.05) is 42.5 Å². The van der Waals surface area contributed by atoms with E-state index in [1.807, 2.05) is 30.3 Å². The number of carbonyl (C=O) groups is 3. The third kappa shape index (κ3) is 4.80. The SMILES string of the molecule is C[C@H](NC(=O)CN1C(=O)N[C@@](C)(CCc2ccccc2)C1=O)c1ccc(F)cc1. The second kappa shape index (κ2) is 8.43. The molecule has 0 aliphatic carbocycles. The van der Waals surface area contributed by atoms with Crippen molar-refractivity contribution in [3.05, 3.63) is 71.5 Å². The fourth-order valence-corrected chi connectivity index (χ4v) is 3.36. The number of amides is 4. The molecule has 0 bridgehead atoms. The number of nitrogens with zero attached hydrogens (tertiary/aromatic N) is 1. The van der Waals surface area contributed by atoms with Gasteiger partial charge < -0.3 is 10.6 Å². The third-order valence-corrected chi connectivity index (χ3v) is 5.15. The van der Waals surface area contributed by atoms with Crippen LogP contribution in [0.25, 0.3) is 0 Å². The number of nitrogens with one attached hydrogen (secondary N) is 2. The molecule has 3 rings (SSSR count). The predicted molar refractivity (Wildman–Crippen MR) is 106 cm³/mol. The van der Waals surface area contributed by atoms with Crippen LogP contribution in [-0.4, -0.2) is 34.8 Å². The molecule has 2 aromatic rings. The van der Waals surface area contributed by atoms with Crippen LogP contribution in [0.3, 0.4) is 0 Å². The molecule has 2 atom stereocenters.